The summed E-state index contributed by atoms with van der Waals surface area (Å²) in [6.07, 6.45) is 0.161. The molecule has 1 aromatic carbocycles. The van der Waals surface area contributed by atoms with Gasteiger partial charge in [0.15, 0.2) is 0 Å². The number of nitrogens with zero attached hydrogens (tertiary/aromatic N) is 1. The first-order valence-corrected chi connectivity index (χ1v) is 5.68. The normalized spacial score (nSPS) is 10.1. The average Bonchev–Trinajstić information content (AvgIpc) is 2.32. The minimum atomic E-state index is -0.323. The van der Waals surface area contributed by atoms with Gasteiger partial charge >= 0.3 is 0 Å². The highest BCUT2D eigenvalue weighted by Gasteiger charge is 2.05. The van der Waals surface area contributed by atoms with Crippen molar-refractivity contribution < 1.29 is 9.18 Å². The van der Waals surface area contributed by atoms with Crippen LogP contribution in [-0.2, 0) is 11.2 Å². The van der Waals surface area contributed by atoms with Crippen LogP contribution in [0.15, 0.2) is 42.5 Å². The van der Waals surface area contributed by atoms with Crippen LogP contribution in [0.5, 0.6) is 0 Å². The molecular weight excluding hydrogens is 255 g/mol. The number of hydrogen-bond donors (Lipinski definition) is 1. The molecule has 0 spiro atoms. The molecule has 1 heterocycles. The van der Waals surface area contributed by atoms with Crippen molar-refractivity contribution in [2.75, 3.05) is 5.32 Å². The van der Waals surface area contributed by atoms with Crippen LogP contribution in [-0.4, -0.2) is 10.9 Å². The lowest BCUT2D eigenvalue weighted by Crippen LogP contribution is -2.15. The van der Waals surface area contributed by atoms with Gasteiger partial charge < -0.3 is 5.32 Å². The lowest BCUT2D eigenvalue weighted by molar-refractivity contribution is -0.115. The Balaban J connectivity index is 1.98. The van der Waals surface area contributed by atoms with Gasteiger partial charge in [-0.1, -0.05) is 29.8 Å². The van der Waals surface area contributed by atoms with E-state index in [0.29, 0.717) is 11.0 Å². The van der Waals surface area contributed by atoms with Crippen molar-refractivity contribution in [1.29, 1.82) is 0 Å². The lowest BCUT2D eigenvalue weighted by Gasteiger charge is -2.04. The molecule has 0 aliphatic carbocycles. The highest BCUT2D eigenvalue weighted by molar-refractivity contribution is 6.29. The van der Waals surface area contributed by atoms with E-state index in [1.54, 1.807) is 30.3 Å². The van der Waals surface area contributed by atoms with Crippen LogP contribution >= 0.6 is 11.6 Å². The molecular formula is C13H10ClFN2O. The molecule has 0 radical (unpaired) electrons. The van der Waals surface area contributed by atoms with Gasteiger partial charge in [-0.05, 0) is 29.8 Å². The Morgan fingerprint density at radius 1 is 1.22 bits per heavy atom. The fourth-order valence-electron chi connectivity index (χ4n) is 1.45. The van der Waals surface area contributed by atoms with Gasteiger partial charge in [0.1, 0.15) is 16.8 Å². The van der Waals surface area contributed by atoms with E-state index >= 15 is 0 Å². The van der Waals surface area contributed by atoms with Crippen LogP contribution in [0.3, 0.4) is 0 Å². The predicted molar refractivity (Wildman–Crippen MR) is 68.0 cm³/mol. The molecule has 1 aromatic heterocycles. The number of carbonyl (C=O) groups excluding carboxylic acids is 1. The van der Waals surface area contributed by atoms with Crippen LogP contribution < -0.4 is 5.32 Å². The minimum Gasteiger partial charge on any atom is -0.310 e. The number of carbonyl (C=O) groups is 1. The Kier molecular flexibility index (Phi) is 3.89. The third kappa shape index (κ3) is 3.53. The summed E-state index contributed by atoms with van der Waals surface area (Å²) in [6, 6.07) is 10.7. The van der Waals surface area contributed by atoms with Crippen LogP contribution in [0.2, 0.25) is 5.15 Å². The van der Waals surface area contributed by atoms with E-state index in [-0.39, 0.29) is 18.1 Å². The first-order chi connectivity index (χ1) is 8.63. The largest absolute Gasteiger partial charge is 0.310 e. The second-order valence-electron chi connectivity index (χ2n) is 3.70. The summed E-state index contributed by atoms with van der Waals surface area (Å²) in [5.74, 6) is -0.151. The SMILES string of the molecule is O=C(Cc1ccc(F)cc1)Nc1cccc(Cl)n1. The molecule has 1 amide bonds. The van der Waals surface area contributed by atoms with Gasteiger partial charge in [0.2, 0.25) is 5.91 Å². The summed E-state index contributed by atoms with van der Waals surface area (Å²) >= 11 is 5.70. The van der Waals surface area contributed by atoms with Crippen molar-refractivity contribution >= 4 is 23.3 Å². The molecule has 5 heteroatoms. The smallest absolute Gasteiger partial charge is 0.229 e. The van der Waals surface area contributed by atoms with Crippen LogP contribution in [0, 0.1) is 5.82 Å². The Bertz CT molecular complexity index is 557. The quantitative estimate of drug-likeness (QED) is 0.866. The maximum atomic E-state index is 12.7. The summed E-state index contributed by atoms with van der Waals surface area (Å²) in [5.41, 5.74) is 0.732. The van der Waals surface area contributed by atoms with Gasteiger partial charge in [0.05, 0.1) is 6.42 Å². The van der Waals surface area contributed by atoms with Crippen LogP contribution in [0.25, 0.3) is 0 Å². The highest BCUT2D eigenvalue weighted by Crippen LogP contribution is 2.10. The number of pyridine rings is 1. The number of aromatic nitrogens is 1. The van der Waals surface area contributed by atoms with Crippen LogP contribution in [0.4, 0.5) is 10.2 Å². The van der Waals surface area contributed by atoms with Gasteiger partial charge in [-0.2, -0.15) is 0 Å². The Hall–Kier alpha value is -1.94. The molecule has 1 N–H and O–H groups in total. The van der Waals surface area contributed by atoms with E-state index in [1.165, 1.54) is 12.1 Å². The van der Waals surface area contributed by atoms with Gasteiger partial charge in [-0.3, -0.25) is 4.79 Å². The Labute approximate surface area is 109 Å². The highest BCUT2D eigenvalue weighted by atomic mass is 35.5. The molecule has 2 aromatic rings. The second kappa shape index (κ2) is 5.60. The van der Waals surface area contributed by atoms with E-state index in [9.17, 15) is 9.18 Å². The summed E-state index contributed by atoms with van der Waals surface area (Å²) in [5, 5.41) is 2.93. The molecule has 0 aliphatic heterocycles. The van der Waals surface area contributed by atoms with Crippen molar-refractivity contribution in [2.45, 2.75) is 6.42 Å². The number of halogens is 2. The lowest BCUT2D eigenvalue weighted by atomic mass is 10.1. The second-order valence-corrected chi connectivity index (χ2v) is 4.08. The van der Waals surface area contributed by atoms with Gasteiger partial charge in [0, 0.05) is 0 Å². The summed E-state index contributed by atoms with van der Waals surface area (Å²) < 4.78 is 12.7. The van der Waals surface area contributed by atoms with Crippen molar-refractivity contribution in [1.82, 2.24) is 4.98 Å². The monoisotopic (exact) mass is 264 g/mol. The van der Waals surface area contributed by atoms with E-state index < -0.39 is 0 Å². The molecule has 0 atom stereocenters. The minimum absolute atomic E-state index is 0.161. The van der Waals surface area contributed by atoms with Gasteiger partial charge in [-0.25, -0.2) is 9.37 Å². The number of benzene rings is 1. The van der Waals surface area contributed by atoms with Gasteiger partial charge in [-0.15, -0.1) is 0 Å². The molecule has 0 bridgehead atoms. The molecule has 18 heavy (non-hydrogen) atoms. The summed E-state index contributed by atoms with van der Waals surface area (Å²) in [7, 11) is 0. The van der Waals surface area contributed by atoms with Crippen molar-refractivity contribution in [3.63, 3.8) is 0 Å². The average molecular weight is 265 g/mol. The summed E-state index contributed by atoms with van der Waals surface area (Å²) in [4.78, 5) is 15.6. The first kappa shape index (κ1) is 12.5. The third-order valence-corrected chi connectivity index (χ3v) is 2.47. The van der Waals surface area contributed by atoms with E-state index in [1.807, 2.05) is 0 Å². The zero-order valence-corrected chi connectivity index (χ0v) is 10.1. The number of nitrogens with one attached hydrogen (secondary N) is 1. The summed E-state index contributed by atoms with van der Waals surface area (Å²) in [6.45, 7) is 0. The fourth-order valence-corrected chi connectivity index (χ4v) is 1.62. The number of hydrogen-bond acceptors (Lipinski definition) is 2. The van der Waals surface area contributed by atoms with E-state index in [4.69, 9.17) is 11.6 Å². The zero-order valence-electron chi connectivity index (χ0n) is 9.36. The number of rotatable bonds is 3. The Morgan fingerprint density at radius 3 is 2.61 bits per heavy atom. The van der Waals surface area contributed by atoms with Crippen molar-refractivity contribution in [3.05, 3.63) is 59.0 Å². The van der Waals surface area contributed by atoms with Gasteiger partial charge in [0.25, 0.3) is 0 Å². The molecule has 0 unspecified atom stereocenters. The topological polar surface area (TPSA) is 42.0 Å². The number of anilines is 1. The fraction of sp³-hybridized carbons (Fsp3) is 0.0769. The number of amides is 1. The maximum absolute atomic E-state index is 12.7. The van der Waals surface area contributed by atoms with E-state index in [2.05, 4.69) is 10.3 Å². The zero-order chi connectivity index (χ0) is 13.0. The molecule has 0 saturated carbocycles. The van der Waals surface area contributed by atoms with Crippen molar-refractivity contribution in [2.24, 2.45) is 0 Å². The van der Waals surface area contributed by atoms with Crippen LogP contribution in [0.1, 0.15) is 5.56 Å². The standard InChI is InChI=1S/C13H10ClFN2O/c14-11-2-1-3-12(16-11)17-13(18)8-9-4-6-10(15)7-5-9/h1-7H,8H2,(H,16,17,18). The molecule has 2 rings (SSSR count). The third-order valence-electron chi connectivity index (χ3n) is 2.26. The molecule has 0 saturated heterocycles. The van der Waals surface area contributed by atoms with Crippen molar-refractivity contribution in [3.8, 4) is 0 Å². The van der Waals surface area contributed by atoms with E-state index in [0.717, 1.165) is 5.56 Å². The molecule has 92 valence electrons. The molecule has 0 fully saturated rings. The predicted octanol–water partition coefficient (Wildman–Crippen LogP) is 3.06. The first-order valence-electron chi connectivity index (χ1n) is 5.30. The Morgan fingerprint density at radius 2 is 1.94 bits per heavy atom. The molecule has 0 aliphatic rings. The molecule has 3 nitrogen and oxygen atoms in total. The maximum Gasteiger partial charge on any atom is 0.229 e.